The van der Waals surface area contributed by atoms with Crippen LogP contribution in [0, 0.1) is 0 Å². The smallest absolute Gasteiger partial charge is 0.275 e. The molecule has 7 heteroatoms. The van der Waals surface area contributed by atoms with Crippen LogP contribution in [0.15, 0.2) is 12.1 Å². The van der Waals surface area contributed by atoms with Crippen molar-refractivity contribution in [2.45, 2.75) is 0 Å². The zero-order chi connectivity index (χ0) is 11.0. The highest BCUT2D eigenvalue weighted by Crippen LogP contribution is 2.29. The van der Waals surface area contributed by atoms with E-state index in [1.54, 1.807) is 0 Å². The first-order valence-electron chi connectivity index (χ1n) is 4.87. The van der Waals surface area contributed by atoms with E-state index < -0.39 is 0 Å². The molecule has 0 saturated carbocycles. The van der Waals surface area contributed by atoms with Crippen molar-refractivity contribution in [2.75, 3.05) is 18.4 Å². The average Bonchev–Trinajstić information content (AvgIpc) is 2.92. The Labute approximate surface area is 101 Å². The van der Waals surface area contributed by atoms with Gasteiger partial charge in [-0.3, -0.25) is 10.3 Å². The molecular formula is C9H9ClN5S+. The maximum atomic E-state index is 6.14. The lowest BCUT2D eigenvalue weighted by Crippen LogP contribution is -2.72. The Balaban J connectivity index is 2.06. The van der Waals surface area contributed by atoms with Gasteiger partial charge in [0.05, 0.1) is 29.8 Å². The number of aromatic nitrogens is 2. The van der Waals surface area contributed by atoms with E-state index in [9.17, 15) is 0 Å². The van der Waals surface area contributed by atoms with E-state index in [-0.39, 0.29) is 0 Å². The molecule has 0 bridgehead atoms. The summed E-state index contributed by atoms with van der Waals surface area (Å²) >= 11 is 7.33. The van der Waals surface area contributed by atoms with E-state index in [1.165, 1.54) is 11.7 Å². The number of fused-ring (bicyclic) bond motifs is 1. The van der Waals surface area contributed by atoms with Crippen LogP contribution in [0.4, 0.5) is 5.69 Å². The number of halogens is 1. The highest BCUT2D eigenvalue weighted by Gasteiger charge is 2.18. The summed E-state index contributed by atoms with van der Waals surface area (Å²) in [4.78, 5) is 3.18. The van der Waals surface area contributed by atoms with Crippen LogP contribution in [-0.4, -0.2) is 27.8 Å². The molecule has 0 saturated heterocycles. The molecule has 0 radical (unpaired) electrons. The quantitative estimate of drug-likeness (QED) is 0.659. The Hall–Kier alpha value is -1.40. The SMILES string of the molecule is Clc1ccc2nsnc2c1NC1=[NH+]CCN1. The molecule has 82 valence electrons. The van der Waals surface area contributed by atoms with Gasteiger partial charge in [-0.15, -0.1) is 0 Å². The van der Waals surface area contributed by atoms with Gasteiger partial charge in [0.25, 0.3) is 0 Å². The van der Waals surface area contributed by atoms with Crippen LogP contribution < -0.4 is 15.6 Å². The molecule has 1 aromatic heterocycles. The van der Waals surface area contributed by atoms with Crippen molar-refractivity contribution < 1.29 is 4.99 Å². The second-order valence-corrected chi connectivity index (χ2v) is 4.34. The van der Waals surface area contributed by atoms with Gasteiger partial charge >= 0.3 is 5.96 Å². The molecule has 16 heavy (non-hydrogen) atoms. The number of nitrogens with zero attached hydrogens (tertiary/aromatic N) is 2. The third kappa shape index (κ3) is 1.60. The van der Waals surface area contributed by atoms with Crippen molar-refractivity contribution in [3.63, 3.8) is 0 Å². The minimum atomic E-state index is 0.642. The second kappa shape index (κ2) is 3.88. The summed E-state index contributed by atoms with van der Waals surface area (Å²) in [6.07, 6.45) is 0. The van der Waals surface area contributed by atoms with Gasteiger partial charge in [-0.2, -0.15) is 8.75 Å². The molecule has 1 aliphatic rings. The molecule has 5 nitrogen and oxygen atoms in total. The first-order valence-corrected chi connectivity index (χ1v) is 5.98. The Morgan fingerprint density at radius 2 is 2.38 bits per heavy atom. The van der Waals surface area contributed by atoms with Gasteiger partial charge in [-0.1, -0.05) is 11.6 Å². The Morgan fingerprint density at radius 3 is 3.19 bits per heavy atom. The average molecular weight is 255 g/mol. The van der Waals surface area contributed by atoms with Crippen LogP contribution in [0.2, 0.25) is 5.02 Å². The molecule has 1 aliphatic heterocycles. The van der Waals surface area contributed by atoms with Gasteiger partial charge in [-0.25, -0.2) is 5.32 Å². The van der Waals surface area contributed by atoms with Crippen molar-refractivity contribution in [1.82, 2.24) is 14.1 Å². The summed E-state index contributed by atoms with van der Waals surface area (Å²) in [6, 6.07) is 3.69. The zero-order valence-corrected chi connectivity index (χ0v) is 9.82. The maximum Gasteiger partial charge on any atom is 0.348 e. The fourth-order valence-corrected chi connectivity index (χ4v) is 2.34. The summed E-state index contributed by atoms with van der Waals surface area (Å²) in [5, 5.41) is 7.03. The Kier molecular flexibility index (Phi) is 2.37. The first-order chi connectivity index (χ1) is 7.84. The second-order valence-electron chi connectivity index (χ2n) is 3.41. The molecule has 2 aromatic rings. The van der Waals surface area contributed by atoms with E-state index in [2.05, 4.69) is 24.4 Å². The Morgan fingerprint density at radius 1 is 1.44 bits per heavy atom. The van der Waals surface area contributed by atoms with Crippen LogP contribution >= 0.6 is 23.3 Å². The van der Waals surface area contributed by atoms with Gasteiger partial charge in [0.2, 0.25) is 0 Å². The summed E-state index contributed by atoms with van der Waals surface area (Å²) in [7, 11) is 0. The number of anilines is 1. The summed E-state index contributed by atoms with van der Waals surface area (Å²) in [5.74, 6) is 0.863. The van der Waals surface area contributed by atoms with Crippen LogP contribution in [0.5, 0.6) is 0 Å². The maximum absolute atomic E-state index is 6.14. The summed E-state index contributed by atoms with van der Waals surface area (Å²) < 4.78 is 8.41. The van der Waals surface area contributed by atoms with E-state index in [4.69, 9.17) is 11.6 Å². The topological polar surface area (TPSA) is 63.8 Å². The largest absolute Gasteiger partial charge is 0.348 e. The number of benzene rings is 1. The summed E-state index contributed by atoms with van der Waals surface area (Å²) in [6.45, 7) is 1.82. The monoisotopic (exact) mass is 254 g/mol. The highest BCUT2D eigenvalue weighted by atomic mass is 35.5. The fourth-order valence-electron chi connectivity index (χ4n) is 1.60. The molecule has 2 heterocycles. The number of rotatable bonds is 1. The van der Waals surface area contributed by atoms with E-state index in [0.29, 0.717) is 5.02 Å². The number of hydrogen-bond acceptors (Lipinski definition) is 5. The predicted octanol–water partition coefficient (Wildman–Crippen LogP) is -0.204. The van der Waals surface area contributed by atoms with Gasteiger partial charge in [0, 0.05) is 0 Å². The molecule has 1 aromatic carbocycles. The lowest BCUT2D eigenvalue weighted by molar-refractivity contribution is -0.444. The molecule has 0 spiro atoms. The lowest BCUT2D eigenvalue weighted by atomic mass is 10.2. The molecule has 0 unspecified atom stereocenters. The van der Waals surface area contributed by atoms with Crippen LogP contribution in [0.25, 0.3) is 11.0 Å². The number of hydrogen-bond donors (Lipinski definition) is 3. The van der Waals surface area contributed by atoms with Crippen molar-refractivity contribution in [1.29, 1.82) is 0 Å². The minimum absolute atomic E-state index is 0.642. The number of nitrogens with one attached hydrogen (secondary N) is 3. The molecule has 0 fully saturated rings. The van der Waals surface area contributed by atoms with Crippen LogP contribution in [0.3, 0.4) is 0 Å². The molecule has 3 N–H and O–H groups in total. The van der Waals surface area contributed by atoms with Crippen LogP contribution in [-0.2, 0) is 0 Å². The molecular weight excluding hydrogens is 246 g/mol. The van der Waals surface area contributed by atoms with Crippen molar-refractivity contribution in [3.05, 3.63) is 17.2 Å². The third-order valence-corrected chi connectivity index (χ3v) is 3.21. The van der Waals surface area contributed by atoms with Gasteiger partial charge in [0.1, 0.15) is 16.7 Å². The lowest BCUT2D eigenvalue weighted by Gasteiger charge is -2.02. The van der Waals surface area contributed by atoms with E-state index in [1.807, 2.05) is 12.1 Å². The Bertz CT molecular complexity index is 564. The fraction of sp³-hybridized carbons (Fsp3) is 0.222. The summed E-state index contributed by atoms with van der Waals surface area (Å²) in [5.41, 5.74) is 2.46. The molecule has 0 aliphatic carbocycles. The standard InChI is InChI=1S/C9H8ClN5S/c10-5-1-2-6-8(15-16-14-6)7(5)13-9-11-3-4-12-9/h1-2H,3-4H2,(H2,11,12,13)/p+1. The molecule has 0 atom stereocenters. The third-order valence-electron chi connectivity index (χ3n) is 2.36. The highest BCUT2D eigenvalue weighted by molar-refractivity contribution is 7.00. The zero-order valence-electron chi connectivity index (χ0n) is 8.25. The van der Waals surface area contributed by atoms with Crippen LogP contribution in [0.1, 0.15) is 0 Å². The van der Waals surface area contributed by atoms with E-state index in [0.717, 1.165) is 35.8 Å². The van der Waals surface area contributed by atoms with Crippen molar-refractivity contribution >= 4 is 46.0 Å². The predicted molar refractivity (Wildman–Crippen MR) is 64.9 cm³/mol. The normalized spacial score (nSPS) is 14.9. The van der Waals surface area contributed by atoms with Gasteiger partial charge in [0.15, 0.2) is 0 Å². The molecule has 0 amide bonds. The van der Waals surface area contributed by atoms with Gasteiger partial charge in [-0.05, 0) is 12.1 Å². The van der Waals surface area contributed by atoms with Gasteiger partial charge < -0.3 is 0 Å². The van der Waals surface area contributed by atoms with Crippen molar-refractivity contribution in [2.24, 2.45) is 0 Å². The molecule has 3 rings (SSSR count). The van der Waals surface area contributed by atoms with Crippen molar-refractivity contribution in [3.8, 4) is 0 Å². The van der Waals surface area contributed by atoms with E-state index >= 15 is 0 Å². The number of guanidine groups is 1. The first kappa shape index (κ1) is 9.80. The minimum Gasteiger partial charge on any atom is -0.275 e.